The Hall–Kier alpha value is -1.31. The van der Waals surface area contributed by atoms with Crippen LogP contribution in [0.3, 0.4) is 0 Å². The van der Waals surface area contributed by atoms with E-state index < -0.39 is 0 Å². The molecule has 0 atom stereocenters. The van der Waals surface area contributed by atoms with Crippen LogP contribution in [0.2, 0.25) is 0 Å². The van der Waals surface area contributed by atoms with Gasteiger partial charge in [-0.05, 0) is 12.2 Å². The fourth-order valence-corrected chi connectivity index (χ4v) is 0.843. The highest BCUT2D eigenvalue weighted by Crippen LogP contribution is 2.11. The van der Waals surface area contributed by atoms with Crippen molar-refractivity contribution in [2.24, 2.45) is 4.99 Å². The van der Waals surface area contributed by atoms with Crippen molar-refractivity contribution >= 4 is 5.71 Å². The Morgan fingerprint density at radius 3 is 3.00 bits per heavy atom. The van der Waals surface area contributed by atoms with Gasteiger partial charge in [0.1, 0.15) is 0 Å². The Morgan fingerprint density at radius 1 is 1.11 bits per heavy atom. The van der Waals surface area contributed by atoms with Gasteiger partial charge >= 0.3 is 0 Å². The highest BCUT2D eigenvalue weighted by molar-refractivity contribution is 6.12. The van der Waals surface area contributed by atoms with Crippen LogP contribution in [0.4, 0.5) is 0 Å². The summed E-state index contributed by atoms with van der Waals surface area (Å²) in [5.74, 6) is 0. The second-order valence-corrected chi connectivity index (χ2v) is 1.88. The van der Waals surface area contributed by atoms with Crippen LogP contribution in [0.5, 0.6) is 0 Å². The maximum Gasteiger partial charge on any atom is 0.0733 e. The fourth-order valence-electron chi connectivity index (χ4n) is 0.843. The zero-order valence-electron chi connectivity index (χ0n) is 4.78. The van der Waals surface area contributed by atoms with Crippen molar-refractivity contribution in [2.75, 3.05) is 0 Å². The number of aliphatic imine (C=N–C) groups is 1. The zero-order valence-corrected chi connectivity index (χ0v) is 4.78. The van der Waals surface area contributed by atoms with Gasteiger partial charge in [-0.2, -0.15) is 0 Å². The van der Waals surface area contributed by atoms with Crippen molar-refractivity contribution in [1.29, 1.82) is 0 Å². The predicted molar refractivity (Wildman–Crippen MR) is 35.9 cm³/mol. The summed E-state index contributed by atoms with van der Waals surface area (Å²) in [7, 11) is 0. The molecule has 1 radical (unpaired) electrons. The van der Waals surface area contributed by atoms with E-state index >= 15 is 0 Å². The van der Waals surface area contributed by atoms with Gasteiger partial charge in [-0.1, -0.05) is 0 Å². The first kappa shape index (κ1) is 4.56. The van der Waals surface area contributed by atoms with Gasteiger partial charge in [0.05, 0.1) is 5.71 Å². The summed E-state index contributed by atoms with van der Waals surface area (Å²) in [5.41, 5.74) is 2.13. The fraction of sp³-hybridized carbons (Fsp3) is 0. The molecule has 2 rings (SSSR count). The lowest BCUT2D eigenvalue weighted by Gasteiger charge is -1.99. The maximum absolute atomic E-state index is 4.08. The molecule has 2 heterocycles. The van der Waals surface area contributed by atoms with E-state index in [2.05, 4.69) is 10.3 Å². The molecule has 0 saturated carbocycles. The Labute approximate surface area is 53.3 Å². The Balaban J connectivity index is 2.46. The molecule has 0 unspecified atom stereocenters. The summed E-state index contributed by atoms with van der Waals surface area (Å²) in [6.07, 6.45) is 9.18. The Bertz CT molecular complexity index is 244. The largest absolute Gasteiger partial charge is 0.264 e. The molecule has 0 N–H and O–H groups in total. The van der Waals surface area contributed by atoms with E-state index in [1.165, 1.54) is 0 Å². The third kappa shape index (κ3) is 0.598. The summed E-state index contributed by atoms with van der Waals surface area (Å²) in [5, 5.41) is 3.95. The van der Waals surface area contributed by atoms with Crippen molar-refractivity contribution in [3.63, 3.8) is 0 Å². The van der Waals surface area contributed by atoms with Gasteiger partial charge in [-0.25, -0.2) is 0 Å². The van der Waals surface area contributed by atoms with Gasteiger partial charge in [0.15, 0.2) is 0 Å². The second-order valence-electron chi connectivity index (χ2n) is 1.88. The molecule has 2 nitrogen and oxygen atoms in total. The van der Waals surface area contributed by atoms with Crippen LogP contribution in [0, 0.1) is 0 Å². The molecule has 9 heavy (non-hydrogen) atoms. The van der Waals surface area contributed by atoms with Crippen LogP contribution in [-0.2, 0) is 0 Å². The lowest BCUT2D eigenvalue weighted by Crippen LogP contribution is -2.01. The van der Waals surface area contributed by atoms with Crippen LogP contribution in [0.1, 0.15) is 0 Å². The topological polar surface area (TPSA) is 26.5 Å². The van der Waals surface area contributed by atoms with E-state index in [-0.39, 0.29) is 0 Å². The number of rotatable bonds is 0. The van der Waals surface area contributed by atoms with Gasteiger partial charge in [0, 0.05) is 24.2 Å². The molecular formula is C7H5N2. The molecule has 0 aliphatic carbocycles. The standard InChI is InChI=1S/C7H5N2/c1-4-9-7-2-3-8-5-6(1)7/h1-5H. The summed E-state index contributed by atoms with van der Waals surface area (Å²) in [6, 6.07) is 0. The molecule has 0 spiro atoms. The molecule has 0 aromatic carbocycles. The molecular weight excluding hydrogens is 112 g/mol. The van der Waals surface area contributed by atoms with Gasteiger partial charge < -0.3 is 0 Å². The van der Waals surface area contributed by atoms with Crippen molar-refractivity contribution in [3.8, 4) is 0 Å². The van der Waals surface area contributed by atoms with Crippen molar-refractivity contribution in [3.05, 3.63) is 36.3 Å². The van der Waals surface area contributed by atoms with Crippen LogP contribution in [-0.4, -0.2) is 5.71 Å². The van der Waals surface area contributed by atoms with Crippen LogP contribution < -0.4 is 5.32 Å². The Morgan fingerprint density at radius 2 is 2.11 bits per heavy atom. The number of fused-ring (bicyclic) bond motifs is 1. The molecule has 0 fully saturated rings. The molecule has 2 aliphatic heterocycles. The van der Waals surface area contributed by atoms with Crippen LogP contribution in [0.25, 0.3) is 0 Å². The highest BCUT2D eigenvalue weighted by atomic mass is 14.8. The molecule has 0 aromatic heterocycles. The molecule has 2 aliphatic rings. The number of nitrogens with zero attached hydrogens (tertiary/aromatic N) is 2. The van der Waals surface area contributed by atoms with E-state index in [4.69, 9.17) is 0 Å². The highest BCUT2D eigenvalue weighted by Gasteiger charge is 2.06. The number of hydrogen-bond acceptors (Lipinski definition) is 1. The smallest absolute Gasteiger partial charge is 0.0733 e. The molecule has 0 amide bonds. The minimum Gasteiger partial charge on any atom is -0.264 e. The first-order valence-corrected chi connectivity index (χ1v) is 2.78. The van der Waals surface area contributed by atoms with Crippen LogP contribution >= 0.6 is 0 Å². The average Bonchev–Trinajstić information content (AvgIpc) is 2.33. The molecule has 2 heteroatoms. The van der Waals surface area contributed by atoms with Gasteiger partial charge in [0.25, 0.3) is 0 Å². The van der Waals surface area contributed by atoms with E-state index in [0.717, 1.165) is 11.3 Å². The van der Waals surface area contributed by atoms with Crippen molar-refractivity contribution < 1.29 is 0 Å². The first-order valence-electron chi connectivity index (χ1n) is 2.78. The predicted octanol–water partition coefficient (Wildman–Crippen LogP) is 0.970. The van der Waals surface area contributed by atoms with Crippen molar-refractivity contribution in [1.82, 2.24) is 5.32 Å². The number of hydrogen-bond donors (Lipinski definition) is 0. The summed E-state index contributed by atoms with van der Waals surface area (Å²) >= 11 is 0. The van der Waals surface area contributed by atoms with Crippen LogP contribution in [0.15, 0.2) is 41.3 Å². The van der Waals surface area contributed by atoms with E-state index in [1.54, 1.807) is 12.4 Å². The van der Waals surface area contributed by atoms with Gasteiger partial charge in [-0.3, -0.25) is 10.3 Å². The second kappa shape index (κ2) is 1.58. The minimum atomic E-state index is 1.02. The minimum absolute atomic E-state index is 1.02. The lowest BCUT2D eigenvalue weighted by atomic mass is 10.1. The third-order valence-corrected chi connectivity index (χ3v) is 1.30. The maximum atomic E-state index is 4.08. The molecule has 0 saturated heterocycles. The van der Waals surface area contributed by atoms with E-state index in [0.29, 0.717) is 0 Å². The summed E-state index contributed by atoms with van der Waals surface area (Å²) in [4.78, 5) is 4.08. The molecule has 0 bridgehead atoms. The Kier molecular flexibility index (Phi) is 0.803. The third-order valence-electron chi connectivity index (χ3n) is 1.30. The first-order chi connectivity index (χ1) is 4.47. The zero-order chi connectivity index (χ0) is 6.10. The average molecular weight is 117 g/mol. The quantitative estimate of drug-likeness (QED) is 0.452. The summed E-state index contributed by atoms with van der Waals surface area (Å²) in [6.45, 7) is 0. The SMILES string of the molecule is C1=CC2=NC=CC2=C[N]1. The molecule has 0 aromatic rings. The number of allylic oxidation sites excluding steroid dienone is 3. The normalized spacial score (nSPS) is 20.4. The van der Waals surface area contributed by atoms with Gasteiger partial charge in [-0.15, -0.1) is 0 Å². The monoisotopic (exact) mass is 117 g/mol. The van der Waals surface area contributed by atoms with E-state index in [9.17, 15) is 0 Å². The lowest BCUT2D eigenvalue weighted by molar-refractivity contribution is 1.15. The van der Waals surface area contributed by atoms with E-state index in [1.807, 2.05) is 18.4 Å². The van der Waals surface area contributed by atoms with Gasteiger partial charge in [0.2, 0.25) is 0 Å². The molecule has 43 valence electrons. The summed E-state index contributed by atoms with van der Waals surface area (Å²) < 4.78 is 0. The van der Waals surface area contributed by atoms with Crippen molar-refractivity contribution in [2.45, 2.75) is 0 Å².